The van der Waals surface area contributed by atoms with E-state index in [4.69, 9.17) is 21.7 Å². The number of carboxylic acid groups (broad SMARTS) is 1. The lowest BCUT2D eigenvalue weighted by molar-refractivity contribution is -0.255. The standard InChI is InChI=1S/C19H16N2O5S/c1-25-16-9-11(8-14-17(22)21-19(27)20-14)5-6-15(16)26-10-12-3-2-4-13(7-12)18(23)24/h2-9H,10H2,1H3,(H,23,24)(H2,20,21,22,27)/p-1/b14-8+. The van der Waals surface area contributed by atoms with E-state index in [1.165, 1.54) is 19.2 Å². The number of methoxy groups -OCH3 is 1. The number of carboxylic acids is 1. The number of carbonyl (C=O) groups excluding carboxylic acids is 2. The Kier molecular flexibility index (Phi) is 5.37. The lowest BCUT2D eigenvalue weighted by Crippen LogP contribution is -2.22. The van der Waals surface area contributed by atoms with E-state index in [0.717, 1.165) is 5.56 Å². The van der Waals surface area contributed by atoms with Gasteiger partial charge in [-0.1, -0.05) is 24.3 Å². The molecule has 2 aromatic carbocycles. The van der Waals surface area contributed by atoms with Crippen LogP contribution in [0.1, 0.15) is 21.5 Å². The van der Waals surface area contributed by atoms with Gasteiger partial charge in [-0.15, -0.1) is 0 Å². The molecule has 0 radical (unpaired) electrons. The second kappa shape index (κ2) is 7.88. The maximum Gasteiger partial charge on any atom is 0.273 e. The molecule has 2 N–H and O–H groups in total. The smallest absolute Gasteiger partial charge is 0.273 e. The van der Waals surface area contributed by atoms with Gasteiger partial charge in [0.25, 0.3) is 5.91 Å². The average Bonchev–Trinajstić information content (AvgIpc) is 2.97. The molecule has 138 valence electrons. The molecule has 0 atom stereocenters. The van der Waals surface area contributed by atoms with E-state index in [2.05, 4.69) is 10.6 Å². The Morgan fingerprint density at radius 2 is 2.00 bits per heavy atom. The fourth-order valence-corrected chi connectivity index (χ4v) is 2.69. The fourth-order valence-electron chi connectivity index (χ4n) is 2.49. The molecule has 0 aromatic heterocycles. The molecule has 1 aliphatic rings. The van der Waals surface area contributed by atoms with Crippen molar-refractivity contribution in [2.75, 3.05) is 7.11 Å². The molecule has 0 bridgehead atoms. The third kappa shape index (κ3) is 4.42. The molecule has 2 aromatic rings. The molecule has 1 fully saturated rings. The van der Waals surface area contributed by atoms with Crippen molar-refractivity contribution in [3.8, 4) is 11.5 Å². The van der Waals surface area contributed by atoms with E-state index < -0.39 is 5.97 Å². The minimum Gasteiger partial charge on any atom is -0.545 e. The van der Waals surface area contributed by atoms with Crippen LogP contribution in [0.15, 0.2) is 48.2 Å². The summed E-state index contributed by atoms with van der Waals surface area (Å²) in [7, 11) is 1.51. The highest BCUT2D eigenvalue weighted by Crippen LogP contribution is 2.29. The van der Waals surface area contributed by atoms with Gasteiger partial charge in [-0.3, -0.25) is 10.1 Å². The number of hydrogen-bond acceptors (Lipinski definition) is 6. The van der Waals surface area contributed by atoms with Gasteiger partial charge in [-0.05, 0) is 53.2 Å². The minimum absolute atomic E-state index is 0.0882. The molecule has 27 heavy (non-hydrogen) atoms. The van der Waals surface area contributed by atoms with Gasteiger partial charge in [-0.25, -0.2) is 0 Å². The van der Waals surface area contributed by atoms with Crippen LogP contribution in [0, 0.1) is 0 Å². The van der Waals surface area contributed by atoms with Crippen molar-refractivity contribution >= 4 is 35.3 Å². The third-order valence-corrected chi connectivity index (χ3v) is 3.98. The second-order valence-corrected chi connectivity index (χ2v) is 6.06. The first kappa shape index (κ1) is 18.4. The summed E-state index contributed by atoms with van der Waals surface area (Å²) >= 11 is 4.90. The van der Waals surface area contributed by atoms with Gasteiger partial charge in [0.05, 0.1) is 13.1 Å². The van der Waals surface area contributed by atoms with Gasteiger partial charge in [0.2, 0.25) is 0 Å². The number of thiocarbonyl (C=S) groups is 1. The number of benzene rings is 2. The second-order valence-electron chi connectivity index (χ2n) is 5.65. The first-order valence-electron chi connectivity index (χ1n) is 7.91. The number of nitrogens with one attached hydrogen (secondary N) is 2. The van der Waals surface area contributed by atoms with Crippen LogP contribution in [0.2, 0.25) is 0 Å². The Balaban J connectivity index is 1.76. The van der Waals surface area contributed by atoms with Crippen molar-refractivity contribution in [2.45, 2.75) is 6.61 Å². The van der Waals surface area contributed by atoms with Crippen molar-refractivity contribution < 1.29 is 24.2 Å². The van der Waals surface area contributed by atoms with Gasteiger partial charge < -0.3 is 24.7 Å². The summed E-state index contributed by atoms with van der Waals surface area (Å²) in [5.74, 6) is -0.581. The first-order chi connectivity index (χ1) is 13.0. The number of aromatic carboxylic acids is 1. The highest BCUT2D eigenvalue weighted by molar-refractivity contribution is 7.80. The zero-order valence-electron chi connectivity index (χ0n) is 14.3. The van der Waals surface area contributed by atoms with E-state index in [1.54, 1.807) is 36.4 Å². The molecule has 0 spiro atoms. The van der Waals surface area contributed by atoms with Crippen molar-refractivity contribution in [1.82, 2.24) is 10.6 Å². The molecule has 1 saturated heterocycles. The van der Waals surface area contributed by atoms with Crippen molar-refractivity contribution in [3.63, 3.8) is 0 Å². The number of carbonyl (C=O) groups is 2. The normalized spacial score (nSPS) is 14.6. The average molecular weight is 383 g/mol. The monoisotopic (exact) mass is 383 g/mol. The first-order valence-corrected chi connectivity index (χ1v) is 8.32. The Morgan fingerprint density at radius 1 is 1.19 bits per heavy atom. The van der Waals surface area contributed by atoms with Gasteiger partial charge in [0, 0.05) is 0 Å². The lowest BCUT2D eigenvalue weighted by Gasteiger charge is -2.12. The minimum atomic E-state index is -1.24. The summed E-state index contributed by atoms with van der Waals surface area (Å²) in [4.78, 5) is 22.6. The summed E-state index contributed by atoms with van der Waals surface area (Å²) in [5.41, 5.74) is 1.84. The molecular formula is C19H15N2O5S-. The Labute approximate surface area is 160 Å². The van der Waals surface area contributed by atoms with Gasteiger partial charge >= 0.3 is 0 Å². The molecule has 1 heterocycles. The molecule has 8 heteroatoms. The van der Waals surface area contributed by atoms with E-state index in [1.807, 2.05) is 0 Å². The predicted octanol–water partition coefficient (Wildman–Crippen LogP) is 0.983. The van der Waals surface area contributed by atoms with Crippen LogP contribution in [-0.2, 0) is 11.4 Å². The molecule has 0 aliphatic carbocycles. The lowest BCUT2D eigenvalue weighted by atomic mass is 10.1. The van der Waals surface area contributed by atoms with E-state index in [0.29, 0.717) is 22.8 Å². The Hall–Kier alpha value is -3.39. The maximum atomic E-state index is 11.7. The predicted molar refractivity (Wildman–Crippen MR) is 100.0 cm³/mol. The van der Waals surface area contributed by atoms with Crippen molar-refractivity contribution in [3.05, 3.63) is 64.9 Å². The van der Waals surface area contributed by atoms with Crippen LogP contribution in [0.5, 0.6) is 11.5 Å². The van der Waals surface area contributed by atoms with Crippen molar-refractivity contribution in [2.24, 2.45) is 0 Å². The van der Waals surface area contributed by atoms with Crippen LogP contribution < -0.4 is 25.2 Å². The van der Waals surface area contributed by atoms with Crippen LogP contribution in [0.25, 0.3) is 6.08 Å². The van der Waals surface area contributed by atoms with E-state index in [9.17, 15) is 14.7 Å². The van der Waals surface area contributed by atoms with Gasteiger partial charge in [0.15, 0.2) is 16.6 Å². The van der Waals surface area contributed by atoms with Crippen molar-refractivity contribution in [1.29, 1.82) is 0 Å². The zero-order valence-corrected chi connectivity index (χ0v) is 15.1. The highest BCUT2D eigenvalue weighted by Gasteiger charge is 2.20. The third-order valence-electron chi connectivity index (χ3n) is 3.78. The number of amides is 1. The molecule has 0 saturated carbocycles. The van der Waals surface area contributed by atoms with E-state index in [-0.39, 0.29) is 23.2 Å². The molecule has 1 amide bonds. The summed E-state index contributed by atoms with van der Waals surface area (Å²) in [5, 5.41) is 16.5. The highest BCUT2D eigenvalue weighted by atomic mass is 32.1. The number of hydrogen-bond donors (Lipinski definition) is 2. The maximum absolute atomic E-state index is 11.7. The Morgan fingerprint density at radius 3 is 2.67 bits per heavy atom. The SMILES string of the molecule is COc1cc(/C=C2/NC(=S)NC2=O)ccc1OCc1cccc(C(=O)[O-])c1. The van der Waals surface area contributed by atoms with E-state index >= 15 is 0 Å². The van der Waals surface area contributed by atoms with Gasteiger partial charge in [-0.2, -0.15) is 0 Å². The summed E-state index contributed by atoms with van der Waals surface area (Å²) in [6, 6.07) is 11.5. The van der Waals surface area contributed by atoms with Crippen LogP contribution in [0.3, 0.4) is 0 Å². The summed E-state index contributed by atoms with van der Waals surface area (Å²) < 4.78 is 11.1. The molecular weight excluding hydrogens is 368 g/mol. The molecule has 3 rings (SSSR count). The summed E-state index contributed by atoms with van der Waals surface area (Å²) in [6.07, 6.45) is 1.64. The topological polar surface area (TPSA) is 99.7 Å². The quantitative estimate of drug-likeness (QED) is 0.567. The molecule has 1 aliphatic heterocycles. The largest absolute Gasteiger partial charge is 0.545 e. The number of rotatable bonds is 6. The number of ether oxygens (including phenoxy) is 2. The molecule has 7 nitrogen and oxygen atoms in total. The fraction of sp³-hybridized carbons (Fsp3) is 0.105. The summed E-state index contributed by atoms with van der Waals surface area (Å²) in [6.45, 7) is 0.163. The molecule has 0 unspecified atom stereocenters. The zero-order chi connectivity index (χ0) is 19.4. The van der Waals surface area contributed by atoms with Crippen LogP contribution in [-0.4, -0.2) is 24.1 Å². The Bertz CT molecular complexity index is 955. The van der Waals surface area contributed by atoms with Gasteiger partial charge in [0.1, 0.15) is 12.3 Å². The van der Waals surface area contributed by atoms with Crippen LogP contribution in [0.4, 0.5) is 0 Å². The van der Waals surface area contributed by atoms with Crippen LogP contribution >= 0.6 is 12.2 Å².